The number of hydrogen-bond donors (Lipinski definition) is 0. The number of hydrogen-bond acceptors (Lipinski definition) is 9. The van der Waals surface area contributed by atoms with Crippen LogP contribution in [0.5, 0.6) is 0 Å². The summed E-state index contributed by atoms with van der Waals surface area (Å²) >= 11 is 0. The first-order valence-corrected chi connectivity index (χ1v) is 12.8. The third-order valence-electron chi connectivity index (χ3n) is 5.99. The lowest BCUT2D eigenvalue weighted by Gasteiger charge is -2.30. The van der Waals surface area contributed by atoms with Crippen LogP contribution >= 0.6 is 0 Å². The Hall–Kier alpha value is -3.32. The van der Waals surface area contributed by atoms with Gasteiger partial charge in [0.05, 0.1) is 31.1 Å². The Morgan fingerprint density at radius 2 is 1.08 bits per heavy atom. The topological polar surface area (TPSA) is 149 Å². The van der Waals surface area contributed by atoms with E-state index in [4.69, 9.17) is 0 Å². The first-order chi connectivity index (χ1) is 17.6. The molecule has 1 aliphatic heterocycles. The Morgan fingerprint density at radius 1 is 0.639 bits per heavy atom. The minimum absolute atomic E-state index is 0.215. The molecular formula is C24H37N6O6+. The monoisotopic (exact) mass is 505 g/mol. The number of carbonyl (C=O) groups excluding carboxylic acids is 5. The maximum Gasteiger partial charge on any atom is 0.383 e. The number of isocyanates is 3. The third-order valence-corrected chi connectivity index (χ3v) is 5.99. The number of imide groups is 1. The van der Waals surface area contributed by atoms with Crippen LogP contribution in [-0.4, -0.2) is 83.7 Å². The maximum atomic E-state index is 13.1. The van der Waals surface area contributed by atoms with Gasteiger partial charge >= 0.3 is 18.0 Å². The Labute approximate surface area is 211 Å². The Morgan fingerprint density at radius 3 is 1.58 bits per heavy atom. The van der Waals surface area contributed by atoms with Gasteiger partial charge in [-0.3, -0.25) is 9.69 Å². The van der Waals surface area contributed by atoms with Crippen LogP contribution < -0.4 is 0 Å². The molecule has 1 saturated heterocycles. The molecule has 36 heavy (non-hydrogen) atoms. The van der Waals surface area contributed by atoms with Crippen LogP contribution in [0.1, 0.15) is 83.5 Å². The van der Waals surface area contributed by atoms with Crippen LogP contribution in [0.15, 0.2) is 15.0 Å². The fourth-order valence-electron chi connectivity index (χ4n) is 4.03. The van der Waals surface area contributed by atoms with Crippen molar-refractivity contribution < 1.29 is 28.8 Å². The molecule has 0 aromatic carbocycles. The normalized spacial score (nSPS) is 15.3. The van der Waals surface area contributed by atoms with Crippen molar-refractivity contribution in [1.82, 2.24) is 9.91 Å². The van der Waals surface area contributed by atoms with Crippen LogP contribution in [0.25, 0.3) is 0 Å². The number of hydrazine groups is 1. The fraction of sp³-hybridized carbons (Fsp3) is 0.792. The minimum atomic E-state index is -0.945. The van der Waals surface area contributed by atoms with E-state index in [-0.39, 0.29) is 13.1 Å². The molecular weight excluding hydrogens is 468 g/mol. The van der Waals surface area contributed by atoms with Gasteiger partial charge in [-0.15, -0.1) is 0 Å². The molecule has 1 unspecified atom stereocenters. The van der Waals surface area contributed by atoms with Gasteiger partial charge in [0.1, 0.15) is 4.87 Å². The zero-order valence-corrected chi connectivity index (χ0v) is 20.9. The maximum absolute atomic E-state index is 13.1. The highest BCUT2D eigenvalue weighted by atomic mass is 16.4. The number of amides is 3. The summed E-state index contributed by atoms with van der Waals surface area (Å²) in [5.74, 6) is -0.464. The highest BCUT2D eigenvalue weighted by molar-refractivity contribution is 5.97. The smallest absolute Gasteiger partial charge is 0.266 e. The van der Waals surface area contributed by atoms with Crippen molar-refractivity contribution in [3.05, 3.63) is 4.91 Å². The van der Waals surface area contributed by atoms with Crippen molar-refractivity contribution >= 4 is 30.2 Å². The van der Waals surface area contributed by atoms with Crippen molar-refractivity contribution in [3.63, 3.8) is 0 Å². The van der Waals surface area contributed by atoms with E-state index in [1.165, 1.54) is 23.1 Å². The van der Waals surface area contributed by atoms with E-state index in [1.807, 2.05) is 0 Å². The van der Waals surface area contributed by atoms with Crippen LogP contribution in [0, 0.1) is 4.91 Å². The molecule has 3 amide bonds. The van der Waals surface area contributed by atoms with E-state index in [0.29, 0.717) is 50.2 Å². The first-order valence-electron chi connectivity index (χ1n) is 12.8. The van der Waals surface area contributed by atoms with E-state index < -0.39 is 18.0 Å². The zero-order chi connectivity index (χ0) is 26.4. The predicted molar refractivity (Wildman–Crippen MR) is 130 cm³/mol. The first kappa shape index (κ1) is 30.7. The van der Waals surface area contributed by atoms with Crippen molar-refractivity contribution in [2.75, 3.05) is 32.7 Å². The second kappa shape index (κ2) is 19.9. The van der Waals surface area contributed by atoms with Gasteiger partial charge in [0.2, 0.25) is 18.2 Å². The molecule has 1 heterocycles. The number of unbranched alkanes of at least 4 members (excludes halogenated alkanes) is 9. The Bertz CT molecular complexity index is 719. The number of aliphatic imine (C=N–C) groups is 3. The van der Waals surface area contributed by atoms with Gasteiger partial charge in [0.25, 0.3) is 0 Å². The largest absolute Gasteiger partial charge is 0.383 e. The second-order valence-corrected chi connectivity index (χ2v) is 8.66. The SMILES string of the molecule is O=C=NCCCCCCC1C(=O)N(CCCCCCN=C=O)C(=O)N(CCCCCCN=C=O)[N+]1=O. The van der Waals surface area contributed by atoms with Crippen LogP contribution in [0.4, 0.5) is 4.79 Å². The third kappa shape index (κ3) is 11.9. The summed E-state index contributed by atoms with van der Waals surface area (Å²) in [6.07, 6.45) is 13.6. The molecule has 0 saturated carbocycles. The van der Waals surface area contributed by atoms with Gasteiger partial charge in [-0.05, 0) is 43.5 Å². The standard InChI is InChI=1S/C24H37N6O6/c31-19-25-14-8-2-1-7-13-22-23(34)28(17-11-5-3-9-15-26-20-32)24(35)29(30(22)36)18-12-6-4-10-16-27-21-33/h22H,1-18H2/q+1. The van der Waals surface area contributed by atoms with Crippen molar-refractivity contribution in [1.29, 1.82) is 0 Å². The van der Waals surface area contributed by atoms with Gasteiger partial charge in [-0.25, -0.2) is 34.2 Å². The predicted octanol–water partition coefficient (Wildman–Crippen LogP) is 3.39. The van der Waals surface area contributed by atoms with Crippen LogP contribution in [0.2, 0.25) is 0 Å². The van der Waals surface area contributed by atoms with Crippen LogP contribution in [0.3, 0.4) is 0 Å². The molecule has 0 spiro atoms. The van der Waals surface area contributed by atoms with Gasteiger partial charge < -0.3 is 0 Å². The van der Waals surface area contributed by atoms with E-state index >= 15 is 0 Å². The molecule has 1 aliphatic rings. The molecule has 1 rings (SSSR count). The molecule has 0 bridgehead atoms. The molecule has 1 atom stereocenters. The summed E-state index contributed by atoms with van der Waals surface area (Å²) in [4.78, 5) is 81.7. The fourth-order valence-corrected chi connectivity index (χ4v) is 4.03. The minimum Gasteiger partial charge on any atom is -0.266 e. The molecule has 198 valence electrons. The van der Waals surface area contributed by atoms with Crippen molar-refractivity contribution in [2.45, 2.75) is 89.5 Å². The van der Waals surface area contributed by atoms with Gasteiger partial charge in [0.15, 0.2) is 0 Å². The molecule has 0 aliphatic carbocycles. The molecule has 12 heteroatoms. The summed E-state index contributed by atoms with van der Waals surface area (Å²) in [6.45, 7) is 1.69. The lowest BCUT2D eigenvalue weighted by Crippen LogP contribution is -2.63. The van der Waals surface area contributed by atoms with E-state index in [1.54, 1.807) is 0 Å². The Kier molecular flexibility index (Phi) is 17.0. The lowest BCUT2D eigenvalue weighted by molar-refractivity contribution is -0.711. The van der Waals surface area contributed by atoms with Crippen LogP contribution in [-0.2, 0) is 19.2 Å². The summed E-state index contributed by atoms with van der Waals surface area (Å²) in [6, 6.07) is -1.53. The van der Waals surface area contributed by atoms with E-state index in [0.717, 1.165) is 62.8 Å². The van der Waals surface area contributed by atoms with E-state index in [2.05, 4.69) is 15.0 Å². The molecule has 0 radical (unpaired) electrons. The summed E-state index contributed by atoms with van der Waals surface area (Å²) in [5, 5.41) is 1.13. The highest BCUT2D eigenvalue weighted by Gasteiger charge is 2.51. The van der Waals surface area contributed by atoms with E-state index in [9.17, 15) is 28.9 Å². The molecule has 0 N–H and O–H groups in total. The van der Waals surface area contributed by atoms with Gasteiger partial charge in [-0.2, -0.15) is 0 Å². The number of urea groups is 1. The zero-order valence-electron chi connectivity index (χ0n) is 20.9. The second-order valence-electron chi connectivity index (χ2n) is 8.66. The average Bonchev–Trinajstić information content (AvgIpc) is 2.87. The summed E-state index contributed by atoms with van der Waals surface area (Å²) in [5.41, 5.74) is 0. The van der Waals surface area contributed by atoms with Crippen molar-refractivity contribution in [2.24, 2.45) is 15.0 Å². The quantitative estimate of drug-likeness (QED) is 0.101. The molecule has 0 aromatic rings. The molecule has 0 aromatic heterocycles. The van der Waals surface area contributed by atoms with Gasteiger partial charge in [0, 0.05) is 13.0 Å². The van der Waals surface area contributed by atoms with Gasteiger partial charge in [-0.1, -0.05) is 38.5 Å². The molecule has 12 nitrogen and oxygen atoms in total. The lowest BCUT2D eigenvalue weighted by atomic mass is 10.0. The molecule has 1 fully saturated rings. The summed E-state index contributed by atoms with van der Waals surface area (Å²) in [7, 11) is 0. The average molecular weight is 506 g/mol. The number of nitrogens with zero attached hydrogens (tertiary/aromatic N) is 6. The summed E-state index contributed by atoms with van der Waals surface area (Å²) < 4.78 is 0. The number of rotatable bonds is 21. The number of carbonyl (C=O) groups is 2. The highest BCUT2D eigenvalue weighted by Crippen LogP contribution is 2.21. The van der Waals surface area contributed by atoms with Crippen molar-refractivity contribution in [3.8, 4) is 0 Å². The Balaban J connectivity index is 2.67. The number of nitroso groups, excluding NO2 is 1.